The summed E-state index contributed by atoms with van der Waals surface area (Å²) in [6.07, 6.45) is 2.46. The van der Waals surface area contributed by atoms with Gasteiger partial charge >= 0.3 is 0 Å². The smallest absolute Gasteiger partial charge is 0.276 e. The van der Waals surface area contributed by atoms with Gasteiger partial charge in [-0.1, -0.05) is 19.1 Å². The maximum absolute atomic E-state index is 13.1. The van der Waals surface area contributed by atoms with Crippen molar-refractivity contribution in [2.75, 3.05) is 6.54 Å². The van der Waals surface area contributed by atoms with Crippen LogP contribution in [-0.2, 0) is 17.9 Å². The fourth-order valence-corrected chi connectivity index (χ4v) is 3.22. The average Bonchev–Trinajstić information content (AvgIpc) is 2.89. The van der Waals surface area contributed by atoms with Crippen LogP contribution in [0.5, 0.6) is 0 Å². The van der Waals surface area contributed by atoms with Crippen LogP contribution in [0.15, 0.2) is 35.3 Å². The van der Waals surface area contributed by atoms with Gasteiger partial charge in [0.05, 0.1) is 11.6 Å². The van der Waals surface area contributed by atoms with E-state index in [4.69, 9.17) is 0 Å². The Morgan fingerprint density at radius 2 is 1.89 bits per heavy atom. The van der Waals surface area contributed by atoms with Crippen LogP contribution in [0.4, 0.5) is 4.39 Å². The van der Waals surface area contributed by atoms with Gasteiger partial charge in [-0.25, -0.2) is 9.07 Å². The molecular formula is C20H23FN4O2. The second-order valence-corrected chi connectivity index (χ2v) is 6.63. The second-order valence-electron chi connectivity index (χ2n) is 6.63. The van der Waals surface area contributed by atoms with Crippen LogP contribution in [0.2, 0.25) is 0 Å². The van der Waals surface area contributed by atoms with Crippen molar-refractivity contribution in [2.24, 2.45) is 0 Å². The van der Waals surface area contributed by atoms with E-state index in [0.29, 0.717) is 18.5 Å². The molecule has 0 unspecified atom stereocenters. The molecule has 0 aliphatic heterocycles. The topological polar surface area (TPSA) is 68.9 Å². The van der Waals surface area contributed by atoms with E-state index >= 15 is 0 Å². The van der Waals surface area contributed by atoms with Gasteiger partial charge in [0.2, 0.25) is 5.91 Å². The van der Waals surface area contributed by atoms with Crippen molar-refractivity contribution in [1.82, 2.24) is 19.7 Å². The molecule has 7 heteroatoms. The molecule has 142 valence electrons. The third-order valence-electron chi connectivity index (χ3n) is 4.72. The minimum Gasteiger partial charge on any atom is -0.355 e. The van der Waals surface area contributed by atoms with Crippen molar-refractivity contribution in [2.45, 2.75) is 40.3 Å². The van der Waals surface area contributed by atoms with Crippen molar-refractivity contribution in [3.05, 3.63) is 63.6 Å². The predicted molar refractivity (Wildman–Crippen MR) is 102 cm³/mol. The summed E-state index contributed by atoms with van der Waals surface area (Å²) in [5, 5.41) is 8.25. The van der Waals surface area contributed by atoms with E-state index in [9.17, 15) is 14.0 Å². The maximum Gasteiger partial charge on any atom is 0.276 e. The molecule has 27 heavy (non-hydrogen) atoms. The number of benzene rings is 1. The molecule has 0 aliphatic rings. The van der Waals surface area contributed by atoms with Crippen molar-refractivity contribution in [3.8, 4) is 0 Å². The van der Waals surface area contributed by atoms with Gasteiger partial charge in [0.1, 0.15) is 12.4 Å². The Bertz CT molecular complexity index is 1030. The molecule has 1 N–H and O–H groups in total. The first-order valence-corrected chi connectivity index (χ1v) is 8.99. The lowest BCUT2D eigenvalue weighted by Crippen LogP contribution is -2.34. The largest absolute Gasteiger partial charge is 0.355 e. The minimum atomic E-state index is -0.280. The van der Waals surface area contributed by atoms with E-state index < -0.39 is 0 Å². The van der Waals surface area contributed by atoms with Crippen LogP contribution in [-0.4, -0.2) is 26.8 Å². The molecule has 0 spiro atoms. The molecule has 0 atom stereocenters. The molecule has 0 bridgehead atoms. The molecule has 0 aliphatic carbocycles. The highest BCUT2D eigenvalue weighted by Crippen LogP contribution is 2.23. The number of hydrogen-bond acceptors (Lipinski definition) is 3. The zero-order valence-corrected chi connectivity index (χ0v) is 15.8. The Balaban J connectivity index is 1.98. The molecule has 2 aromatic heterocycles. The quantitative estimate of drug-likeness (QED) is 0.725. The first-order chi connectivity index (χ1) is 12.9. The third kappa shape index (κ3) is 3.77. The van der Waals surface area contributed by atoms with E-state index in [2.05, 4.69) is 10.4 Å². The first kappa shape index (κ1) is 18.8. The molecule has 3 aromatic rings. The predicted octanol–water partition coefficient (Wildman–Crippen LogP) is 2.53. The van der Waals surface area contributed by atoms with Crippen LogP contribution in [0, 0.1) is 19.7 Å². The van der Waals surface area contributed by atoms with Gasteiger partial charge in [0, 0.05) is 29.9 Å². The maximum atomic E-state index is 13.1. The third-order valence-corrected chi connectivity index (χ3v) is 4.72. The molecule has 1 amide bonds. The van der Waals surface area contributed by atoms with Gasteiger partial charge in [0.15, 0.2) is 0 Å². The highest BCUT2D eigenvalue weighted by atomic mass is 19.1. The van der Waals surface area contributed by atoms with Gasteiger partial charge < -0.3 is 9.88 Å². The molecular weight excluding hydrogens is 347 g/mol. The summed E-state index contributed by atoms with van der Waals surface area (Å²) in [6, 6.07) is 6.31. The van der Waals surface area contributed by atoms with Crippen LogP contribution in [0.1, 0.15) is 30.3 Å². The Labute approximate surface area is 156 Å². The monoisotopic (exact) mass is 370 g/mol. The molecule has 2 heterocycles. The van der Waals surface area contributed by atoms with Gasteiger partial charge in [-0.3, -0.25) is 9.59 Å². The summed E-state index contributed by atoms with van der Waals surface area (Å²) >= 11 is 0. The van der Waals surface area contributed by atoms with Gasteiger partial charge in [-0.15, -0.1) is 0 Å². The number of carbonyl (C=O) groups excluding carboxylic acids is 1. The SMILES string of the molecule is CCCNC(=O)Cn1ncc2c(C)n(Cc3ccc(F)cc3)c(C)c2c1=O. The van der Waals surface area contributed by atoms with Crippen molar-refractivity contribution >= 4 is 16.7 Å². The van der Waals surface area contributed by atoms with E-state index in [1.54, 1.807) is 18.3 Å². The van der Waals surface area contributed by atoms with Gasteiger partial charge in [-0.2, -0.15) is 5.10 Å². The Morgan fingerprint density at radius 1 is 1.19 bits per heavy atom. The number of halogens is 1. The number of carbonyl (C=O) groups is 1. The van der Waals surface area contributed by atoms with Crippen molar-refractivity contribution < 1.29 is 9.18 Å². The fraction of sp³-hybridized carbons (Fsp3) is 0.350. The Morgan fingerprint density at radius 3 is 2.56 bits per heavy atom. The van der Waals surface area contributed by atoms with Crippen molar-refractivity contribution in [1.29, 1.82) is 0 Å². The number of amides is 1. The number of nitrogens with zero attached hydrogens (tertiary/aromatic N) is 3. The van der Waals surface area contributed by atoms with E-state index in [-0.39, 0.29) is 23.8 Å². The van der Waals surface area contributed by atoms with Crippen LogP contribution >= 0.6 is 0 Å². The summed E-state index contributed by atoms with van der Waals surface area (Å²) < 4.78 is 16.4. The number of aryl methyl sites for hydroxylation is 2. The highest BCUT2D eigenvalue weighted by molar-refractivity contribution is 5.87. The van der Waals surface area contributed by atoms with E-state index in [0.717, 1.165) is 28.8 Å². The van der Waals surface area contributed by atoms with Crippen LogP contribution in [0.25, 0.3) is 10.8 Å². The van der Waals surface area contributed by atoms with E-state index in [1.807, 2.05) is 25.3 Å². The highest BCUT2D eigenvalue weighted by Gasteiger charge is 2.17. The summed E-state index contributed by atoms with van der Waals surface area (Å²) in [7, 11) is 0. The normalized spacial score (nSPS) is 11.1. The lowest BCUT2D eigenvalue weighted by molar-refractivity contribution is -0.121. The number of aromatic nitrogens is 3. The zero-order chi connectivity index (χ0) is 19.6. The summed E-state index contributed by atoms with van der Waals surface area (Å²) in [5.41, 5.74) is 2.38. The van der Waals surface area contributed by atoms with Gasteiger partial charge in [-0.05, 0) is 38.0 Å². The molecule has 3 rings (SSSR count). The molecule has 0 fully saturated rings. The Kier molecular flexibility index (Phi) is 5.39. The van der Waals surface area contributed by atoms with Crippen LogP contribution < -0.4 is 10.9 Å². The first-order valence-electron chi connectivity index (χ1n) is 8.99. The number of rotatable bonds is 6. The van der Waals surface area contributed by atoms with Gasteiger partial charge in [0.25, 0.3) is 5.56 Å². The van der Waals surface area contributed by atoms with Crippen LogP contribution in [0.3, 0.4) is 0 Å². The summed E-state index contributed by atoms with van der Waals surface area (Å²) in [4.78, 5) is 24.8. The summed E-state index contributed by atoms with van der Waals surface area (Å²) in [6.45, 7) is 6.77. The number of nitrogens with one attached hydrogen (secondary N) is 1. The molecule has 0 saturated carbocycles. The average molecular weight is 370 g/mol. The lowest BCUT2D eigenvalue weighted by Gasteiger charge is -2.09. The Hall–Kier alpha value is -2.96. The fourth-order valence-electron chi connectivity index (χ4n) is 3.22. The standard InChI is InChI=1S/C20H23FN4O2/c1-4-9-22-18(26)12-25-20(27)19-14(3)24(13(2)17(19)10-23-25)11-15-5-7-16(21)8-6-15/h5-8,10H,4,9,11-12H2,1-3H3,(H,22,26). The summed E-state index contributed by atoms with van der Waals surface area (Å²) in [5.74, 6) is -0.510. The second kappa shape index (κ2) is 7.73. The lowest BCUT2D eigenvalue weighted by atomic mass is 10.2. The molecule has 0 radical (unpaired) electrons. The molecule has 0 saturated heterocycles. The zero-order valence-electron chi connectivity index (χ0n) is 15.8. The minimum absolute atomic E-state index is 0.101. The number of hydrogen-bond donors (Lipinski definition) is 1. The molecule has 1 aromatic carbocycles. The van der Waals surface area contributed by atoms with E-state index in [1.165, 1.54) is 16.8 Å². The number of fused-ring (bicyclic) bond motifs is 1. The molecule has 6 nitrogen and oxygen atoms in total. The van der Waals surface area contributed by atoms with Crippen molar-refractivity contribution in [3.63, 3.8) is 0 Å².